The molecule has 60 valence electrons. The number of nitrogens with two attached hydrogens (primary N) is 1. The van der Waals surface area contributed by atoms with Gasteiger partial charge in [-0.3, -0.25) is 0 Å². The first kappa shape index (κ1) is 8.02. The Morgan fingerprint density at radius 1 is 1.40 bits per heavy atom. The second-order valence-corrected chi connectivity index (χ2v) is 2.94. The lowest BCUT2D eigenvalue weighted by Crippen LogP contribution is -2.39. The van der Waals surface area contributed by atoms with Crippen LogP contribution in [-0.2, 0) is 4.74 Å². The molecule has 2 heteroatoms. The van der Waals surface area contributed by atoms with Gasteiger partial charge in [0, 0.05) is 12.6 Å². The van der Waals surface area contributed by atoms with Crippen molar-refractivity contribution >= 4 is 0 Å². The molecular formula is C8H17NO. The minimum absolute atomic E-state index is 0.300. The van der Waals surface area contributed by atoms with Crippen LogP contribution in [0.2, 0.25) is 0 Å². The molecule has 2 atom stereocenters. The van der Waals surface area contributed by atoms with Crippen molar-refractivity contribution in [2.45, 2.75) is 44.8 Å². The summed E-state index contributed by atoms with van der Waals surface area (Å²) in [5.41, 5.74) is 5.84. The van der Waals surface area contributed by atoms with Gasteiger partial charge in [-0.2, -0.15) is 0 Å². The lowest BCUT2D eigenvalue weighted by Gasteiger charge is -2.27. The highest BCUT2D eigenvalue weighted by molar-refractivity contribution is 4.78. The second-order valence-electron chi connectivity index (χ2n) is 2.94. The maximum Gasteiger partial charge on any atom is 0.0725 e. The third-order valence-electron chi connectivity index (χ3n) is 2.13. The average molecular weight is 143 g/mol. The molecule has 0 aromatic carbocycles. The molecule has 1 aliphatic rings. The summed E-state index contributed by atoms with van der Waals surface area (Å²) in [6.07, 6.45) is 5.22. The van der Waals surface area contributed by atoms with E-state index in [0.29, 0.717) is 12.1 Å². The summed E-state index contributed by atoms with van der Waals surface area (Å²) in [5.74, 6) is 0. The molecule has 0 aromatic rings. The van der Waals surface area contributed by atoms with Crippen LogP contribution in [0.4, 0.5) is 0 Å². The Morgan fingerprint density at radius 2 is 2.10 bits per heavy atom. The Labute approximate surface area is 62.7 Å². The molecule has 0 aliphatic heterocycles. The van der Waals surface area contributed by atoms with Gasteiger partial charge in [0.1, 0.15) is 0 Å². The first-order chi connectivity index (χ1) is 4.84. The monoisotopic (exact) mass is 143 g/mol. The summed E-state index contributed by atoms with van der Waals surface area (Å²) in [7, 11) is 0. The summed E-state index contributed by atoms with van der Waals surface area (Å²) < 4.78 is 5.47. The van der Waals surface area contributed by atoms with Gasteiger partial charge in [0.2, 0.25) is 0 Å². The van der Waals surface area contributed by atoms with Gasteiger partial charge in [-0.25, -0.2) is 0 Å². The van der Waals surface area contributed by atoms with Gasteiger partial charge in [-0.1, -0.05) is 12.8 Å². The van der Waals surface area contributed by atoms with Crippen LogP contribution in [0.25, 0.3) is 0 Å². The van der Waals surface area contributed by atoms with Crippen LogP contribution < -0.4 is 5.73 Å². The zero-order valence-electron chi connectivity index (χ0n) is 6.68. The van der Waals surface area contributed by atoms with Gasteiger partial charge >= 0.3 is 0 Å². The molecule has 0 amide bonds. The van der Waals surface area contributed by atoms with Gasteiger partial charge in [0.15, 0.2) is 0 Å². The summed E-state index contributed by atoms with van der Waals surface area (Å²) >= 11 is 0. The predicted octanol–water partition coefficient (Wildman–Crippen LogP) is 1.29. The Hall–Kier alpha value is -0.0800. The van der Waals surface area contributed by atoms with Crippen molar-refractivity contribution in [2.24, 2.45) is 5.73 Å². The highest BCUT2D eigenvalue weighted by Crippen LogP contribution is 2.19. The molecule has 10 heavy (non-hydrogen) atoms. The van der Waals surface area contributed by atoms with Crippen LogP contribution in [0.3, 0.4) is 0 Å². The second kappa shape index (κ2) is 3.94. The normalized spacial score (nSPS) is 34.2. The third kappa shape index (κ3) is 1.96. The number of ether oxygens (including phenoxy) is 1. The highest BCUT2D eigenvalue weighted by Gasteiger charge is 2.21. The fourth-order valence-corrected chi connectivity index (χ4v) is 1.55. The summed E-state index contributed by atoms with van der Waals surface area (Å²) in [6.45, 7) is 2.83. The lowest BCUT2D eigenvalue weighted by molar-refractivity contribution is 0.0228. The molecule has 0 heterocycles. The summed E-state index contributed by atoms with van der Waals surface area (Å²) in [6, 6.07) is 0.300. The fraction of sp³-hybridized carbons (Fsp3) is 1.00. The van der Waals surface area contributed by atoms with Crippen molar-refractivity contribution in [3.05, 3.63) is 0 Å². The Bertz CT molecular complexity index is 93.3. The lowest BCUT2D eigenvalue weighted by atomic mass is 9.93. The van der Waals surface area contributed by atoms with Crippen molar-refractivity contribution in [2.75, 3.05) is 6.61 Å². The number of hydrogen-bond donors (Lipinski definition) is 1. The van der Waals surface area contributed by atoms with E-state index in [9.17, 15) is 0 Å². The third-order valence-corrected chi connectivity index (χ3v) is 2.13. The van der Waals surface area contributed by atoms with Gasteiger partial charge in [-0.05, 0) is 19.8 Å². The molecule has 0 saturated heterocycles. The van der Waals surface area contributed by atoms with Crippen LogP contribution in [-0.4, -0.2) is 18.8 Å². The molecular weight excluding hydrogens is 126 g/mol. The minimum Gasteiger partial charge on any atom is -0.377 e. The molecule has 2 N–H and O–H groups in total. The first-order valence-corrected chi connectivity index (χ1v) is 4.21. The molecule has 0 unspecified atom stereocenters. The predicted molar refractivity (Wildman–Crippen MR) is 41.9 cm³/mol. The largest absolute Gasteiger partial charge is 0.377 e. The molecule has 0 aromatic heterocycles. The highest BCUT2D eigenvalue weighted by atomic mass is 16.5. The van der Waals surface area contributed by atoms with Crippen molar-refractivity contribution in [3.8, 4) is 0 Å². The van der Waals surface area contributed by atoms with E-state index in [2.05, 4.69) is 0 Å². The molecule has 2 nitrogen and oxygen atoms in total. The van der Waals surface area contributed by atoms with Crippen molar-refractivity contribution in [3.63, 3.8) is 0 Å². The van der Waals surface area contributed by atoms with E-state index in [4.69, 9.17) is 10.5 Å². The maximum absolute atomic E-state index is 5.84. The Kier molecular flexibility index (Phi) is 3.16. The first-order valence-electron chi connectivity index (χ1n) is 4.21. The van der Waals surface area contributed by atoms with Crippen molar-refractivity contribution in [1.82, 2.24) is 0 Å². The fourth-order valence-electron chi connectivity index (χ4n) is 1.55. The van der Waals surface area contributed by atoms with Crippen LogP contribution in [0.5, 0.6) is 0 Å². The topological polar surface area (TPSA) is 35.2 Å². The van der Waals surface area contributed by atoms with Gasteiger partial charge < -0.3 is 10.5 Å². The molecule has 0 spiro atoms. The summed E-state index contributed by atoms with van der Waals surface area (Å²) in [5, 5.41) is 0. The maximum atomic E-state index is 5.84. The smallest absolute Gasteiger partial charge is 0.0725 e. The van der Waals surface area contributed by atoms with Crippen LogP contribution in [0.1, 0.15) is 32.6 Å². The quantitative estimate of drug-likeness (QED) is 0.632. The van der Waals surface area contributed by atoms with Gasteiger partial charge in [0.05, 0.1) is 6.10 Å². The molecule has 1 saturated carbocycles. The van der Waals surface area contributed by atoms with Gasteiger partial charge in [-0.15, -0.1) is 0 Å². The van der Waals surface area contributed by atoms with Crippen LogP contribution in [0.15, 0.2) is 0 Å². The van der Waals surface area contributed by atoms with E-state index in [1.54, 1.807) is 0 Å². The average Bonchev–Trinajstić information content (AvgIpc) is 1.94. The SMILES string of the molecule is CCO[C@@H]1CCCC[C@H]1N. The Balaban J connectivity index is 2.25. The van der Waals surface area contributed by atoms with E-state index in [1.807, 2.05) is 6.92 Å². The van der Waals surface area contributed by atoms with Crippen molar-refractivity contribution < 1.29 is 4.74 Å². The minimum atomic E-state index is 0.300. The van der Waals surface area contributed by atoms with E-state index in [-0.39, 0.29) is 0 Å². The zero-order valence-corrected chi connectivity index (χ0v) is 6.68. The van der Waals surface area contributed by atoms with E-state index in [1.165, 1.54) is 12.8 Å². The molecule has 1 fully saturated rings. The molecule has 1 rings (SSSR count). The van der Waals surface area contributed by atoms with Gasteiger partial charge in [0.25, 0.3) is 0 Å². The standard InChI is InChI=1S/C8H17NO/c1-2-10-8-6-4-3-5-7(8)9/h7-8H,2-6,9H2,1H3/t7-,8-/m1/s1. The van der Waals surface area contributed by atoms with Crippen molar-refractivity contribution in [1.29, 1.82) is 0 Å². The molecule has 1 aliphatic carbocycles. The van der Waals surface area contributed by atoms with E-state index < -0.39 is 0 Å². The zero-order chi connectivity index (χ0) is 7.40. The number of rotatable bonds is 2. The van der Waals surface area contributed by atoms with Crippen LogP contribution in [0, 0.1) is 0 Å². The van der Waals surface area contributed by atoms with E-state index >= 15 is 0 Å². The molecule has 0 bridgehead atoms. The summed E-state index contributed by atoms with van der Waals surface area (Å²) in [4.78, 5) is 0. The molecule has 0 radical (unpaired) electrons. The number of hydrogen-bond acceptors (Lipinski definition) is 2. The van der Waals surface area contributed by atoms with Crippen LogP contribution >= 0.6 is 0 Å². The van der Waals surface area contributed by atoms with E-state index in [0.717, 1.165) is 19.4 Å². The Morgan fingerprint density at radius 3 is 2.70 bits per heavy atom.